The van der Waals surface area contributed by atoms with Crippen LogP contribution in [0.15, 0.2) is 24.3 Å². The van der Waals surface area contributed by atoms with E-state index in [1.165, 1.54) is 11.1 Å². The van der Waals surface area contributed by atoms with Gasteiger partial charge in [-0.25, -0.2) is 0 Å². The van der Waals surface area contributed by atoms with Gasteiger partial charge in [-0.3, -0.25) is 4.90 Å². The van der Waals surface area contributed by atoms with Crippen molar-refractivity contribution in [3.63, 3.8) is 0 Å². The molecule has 2 rings (SSSR count). The van der Waals surface area contributed by atoms with Gasteiger partial charge in [0.15, 0.2) is 0 Å². The first-order valence-corrected chi connectivity index (χ1v) is 6.48. The van der Waals surface area contributed by atoms with E-state index in [0.29, 0.717) is 11.7 Å². The van der Waals surface area contributed by atoms with E-state index in [1.807, 2.05) is 12.1 Å². The number of hydrogen-bond acceptors (Lipinski definition) is 3. The second-order valence-corrected chi connectivity index (χ2v) is 5.04. The van der Waals surface area contributed by atoms with Gasteiger partial charge in [0, 0.05) is 19.1 Å². The molecule has 3 heteroatoms. The molecule has 0 bridgehead atoms. The van der Waals surface area contributed by atoms with Crippen LogP contribution in [0.4, 0.5) is 5.69 Å². The van der Waals surface area contributed by atoms with Gasteiger partial charge in [-0.1, -0.05) is 12.1 Å². The molecule has 3 nitrogen and oxygen atoms in total. The van der Waals surface area contributed by atoms with Crippen molar-refractivity contribution in [2.45, 2.75) is 26.3 Å². The largest absolute Gasteiger partial charge is 0.495 e. The Hall–Kier alpha value is -1.48. The highest BCUT2D eigenvalue weighted by atomic mass is 16.5. The van der Waals surface area contributed by atoms with Crippen molar-refractivity contribution in [1.82, 2.24) is 4.90 Å². The first-order chi connectivity index (χ1) is 8.61. The zero-order chi connectivity index (χ0) is 13.1. The molecule has 1 aliphatic rings. The second-order valence-electron chi connectivity index (χ2n) is 5.04. The van der Waals surface area contributed by atoms with E-state index in [0.717, 1.165) is 25.3 Å². The molecule has 0 amide bonds. The second kappa shape index (κ2) is 5.44. The number of benzene rings is 1. The zero-order valence-corrected chi connectivity index (χ0v) is 11.4. The lowest BCUT2D eigenvalue weighted by molar-refractivity contribution is 0.248. The molecule has 0 spiro atoms. The van der Waals surface area contributed by atoms with E-state index in [1.54, 1.807) is 7.11 Å². The number of nitrogen functional groups attached to an aromatic ring is 1. The van der Waals surface area contributed by atoms with Crippen LogP contribution >= 0.6 is 0 Å². The lowest BCUT2D eigenvalue weighted by Gasteiger charge is -2.30. The van der Waals surface area contributed by atoms with E-state index < -0.39 is 0 Å². The van der Waals surface area contributed by atoms with Crippen LogP contribution in [0.2, 0.25) is 0 Å². The normalized spacial score (nSPS) is 16.8. The average molecular weight is 246 g/mol. The Balaban J connectivity index is 2.23. The fourth-order valence-corrected chi connectivity index (χ4v) is 2.33. The topological polar surface area (TPSA) is 38.5 Å². The van der Waals surface area contributed by atoms with Crippen LogP contribution in [0.3, 0.4) is 0 Å². The maximum Gasteiger partial charge on any atom is 0.142 e. The van der Waals surface area contributed by atoms with Crippen LogP contribution in [0.25, 0.3) is 5.57 Å². The third-order valence-corrected chi connectivity index (χ3v) is 3.52. The van der Waals surface area contributed by atoms with Crippen molar-refractivity contribution < 1.29 is 4.74 Å². The van der Waals surface area contributed by atoms with E-state index in [2.05, 4.69) is 30.9 Å². The van der Waals surface area contributed by atoms with E-state index in [9.17, 15) is 0 Å². The van der Waals surface area contributed by atoms with Gasteiger partial charge in [-0.2, -0.15) is 0 Å². The summed E-state index contributed by atoms with van der Waals surface area (Å²) in [4.78, 5) is 2.48. The summed E-state index contributed by atoms with van der Waals surface area (Å²) in [6, 6.07) is 6.62. The molecule has 0 radical (unpaired) electrons. The van der Waals surface area contributed by atoms with Crippen LogP contribution in [0.1, 0.15) is 25.8 Å². The minimum absolute atomic E-state index is 0.587. The molecule has 0 aliphatic carbocycles. The Kier molecular flexibility index (Phi) is 3.92. The summed E-state index contributed by atoms with van der Waals surface area (Å²) >= 11 is 0. The Labute approximate surface area is 109 Å². The third-order valence-electron chi connectivity index (χ3n) is 3.52. The van der Waals surface area contributed by atoms with Crippen molar-refractivity contribution in [1.29, 1.82) is 0 Å². The Bertz CT molecular complexity index is 452. The van der Waals surface area contributed by atoms with Gasteiger partial charge in [0.25, 0.3) is 0 Å². The van der Waals surface area contributed by atoms with Gasteiger partial charge in [0.05, 0.1) is 12.8 Å². The number of nitrogens with two attached hydrogens (primary N) is 1. The van der Waals surface area contributed by atoms with Crippen LogP contribution in [0.5, 0.6) is 5.75 Å². The summed E-state index contributed by atoms with van der Waals surface area (Å²) < 4.78 is 5.28. The minimum atomic E-state index is 0.587. The number of ether oxygens (including phenoxy) is 1. The number of rotatable bonds is 3. The lowest BCUT2D eigenvalue weighted by atomic mass is 9.99. The molecular weight excluding hydrogens is 224 g/mol. The van der Waals surface area contributed by atoms with Crippen LogP contribution in [-0.2, 0) is 0 Å². The average Bonchev–Trinajstić information content (AvgIpc) is 2.39. The van der Waals surface area contributed by atoms with Crippen molar-refractivity contribution in [3.05, 3.63) is 29.8 Å². The molecule has 0 saturated carbocycles. The quantitative estimate of drug-likeness (QED) is 0.833. The molecule has 18 heavy (non-hydrogen) atoms. The molecule has 0 fully saturated rings. The fourth-order valence-electron chi connectivity index (χ4n) is 2.33. The summed E-state index contributed by atoms with van der Waals surface area (Å²) in [5.74, 6) is 0.759. The van der Waals surface area contributed by atoms with Gasteiger partial charge in [-0.05, 0) is 43.5 Å². The maximum absolute atomic E-state index is 5.85. The summed E-state index contributed by atoms with van der Waals surface area (Å²) in [7, 11) is 1.66. The molecule has 0 saturated heterocycles. The molecule has 0 aromatic heterocycles. The Morgan fingerprint density at radius 3 is 2.78 bits per heavy atom. The first kappa shape index (κ1) is 13.0. The van der Waals surface area contributed by atoms with Crippen molar-refractivity contribution >= 4 is 11.3 Å². The van der Waals surface area contributed by atoms with Gasteiger partial charge in [0.2, 0.25) is 0 Å². The molecule has 0 atom stereocenters. The number of anilines is 1. The SMILES string of the molecule is COc1cc(C2=CCCN(C(C)C)C2)ccc1N. The molecule has 1 heterocycles. The van der Waals surface area contributed by atoms with Crippen molar-refractivity contribution in [3.8, 4) is 5.75 Å². The number of hydrogen-bond donors (Lipinski definition) is 1. The van der Waals surface area contributed by atoms with Gasteiger partial charge >= 0.3 is 0 Å². The molecule has 1 aliphatic heterocycles. The molecule has 1 aromatic carbocycles. The monoisotopic (exact) mass is 246 g/mol. The van der Waals surface area contributed by atoms with Gasteiger partial charge in [0.1, 0.15) is 5.75 Å². The molecule has 1 aromatic rings. The predicted octanol–water partition coefficient (Wildman–Crippen LogP) is 2.77. The minimum Gasteiger partial charge on any atom is -0.495 e. The summed E-state index contributed by atoms with van der Waals surface area (Å²) in [5, 5.41) is 0. The van der Waals surface area contributed by atoms with E-state index in [-0.39, 0.29) is 0 Å². The molecule has 0 unspecified atom stereocenters. The van der Waals surface area contributed by atoms with Gasteiger partial charge < -0.3 is 10.5 Å². The number of methoxy groups -OCH3 is 1. The highest BCUT2D eigenvalue weighted by molar-refractivity contribution is 5.71. The highest BCUT2D eigenvalue weighted by Crippen LogP contribution is 2.28. The maximum atomic E-state index is 5.85. The standard InChI is InChI=1S/C15H22N2O/c1-11(2)17-8-4-5-13(10-17)12-6-7-14(16)15(9-12)18-3/h5-7,9,11H,4,8,10,16H2,1-3H3. The van der Waals surface area contributed by atoms with Crippen LogP contribution in [0, 0.1) is 0 Å². The summed E-state index contributed by atoms with van der Waals surface area (Å²) in [6.45, 7) is 6.64. The van der Waals surface area contributed by atoms with Crippen LogP contribution in [-0.4, -0.2) is 31.1 Å². The predicted molar refractivity (Wildman–Crippen MR) is 76.7 cm³/mol. The molecule has 98 valence electrons. The van der Waals surface area contributed by atoms with E-state index in [4.69, 9.17) is 10.5 Å². The lowest BCUT2D eigenvalue weighted by Crippen LogP contribution is -2.35. The summed E-state index contributed by atoms with van der Waals surface area (Å²) in [5.41, 5.74) is 9.13. The fraction of sp³-hybridized carbons (Fsp3) is 0.467. The van der Waals surface area contributed by atoms with Crippen molar-refractivity contribution in [2.24, 2.45) is 0 Å². The zero-order valence-electron chi connectivity index (χ0n) is 11.4. The molecule has 2 N–H and O–H groups in total. The highest BCUT2D eigenvalue weighted by Gasteiger charge is 2.16. The number of nitrogens with zero attached hydrogens (tertiary/aromatic N) is 1. The van der Waals surface area contributed by atoms with Crippen LogP contribution < -0.4 is 10.5 Å². The smallest absolute Gasteiger partial charge is 0.142 e. The summed E-state index contributed by atoms with van der Waals surface area (Å²) in [6.07, 6.45) is 3.43. The Morgan fingerprint density at radius 1 is 1.33 bits per heavy atom. The van der Waals surface area contributed by atoms with Gasteiger partial charge in [-0.15, -0.1) is 0 Å². The molecular formula is C15H22N2O. The third kappa shape index (κ3) is 2.67. The van der Waals surface area contributed by atoms with E-state index >= 15 is 0 Å². The first-order valence-electron chi connectivity index (χ1n) is 6.48. The Morgan fingerprint density at radius 2 is 2.11 bits per heavy atom. The van der Waals surface area contributed by atoms with Crippen molar-refractivity contribution in [2.75, 3.05) is 25.9 Å².